The maximum atomic E-state index is 13.1. The van der Waals surface area contributed by atoms with Gasteiger partial charge in [-0.25, -0.2) is 4.98 Å². The minimum Gasteiger partial charge on any atom is -0.381 e. The van der Waals surface area contributed by atoms with E-state index in [1.807, 2.05) is 42.2 Å². The molecule has 160 valence electrons. The Morgan fingerprint density at radius 2 is 2.00 bits per heavy atom. The van der Waals surface area contributed by atoms with Gasteiger partial charge >= 0.3 is 0 Å². The van der Waals surface area contributed by atoms with Crippen molar-refractivity contribution in [2.24, 2.45) is 5.92 Å². The predicted octanol–water partition coefficient (Wildman–Crippen LogP) is 1.93. The van der Waals surface area contributed by atoms with E-state index in [-0.39, 0.29) is 29.8 Å². The van der Waals surface area contributed by atoms with Crippen LogP contribution >= 0.6 is 0 Å². The first-order valence-corrected chi connectivity index (χ1v) is 10.7. The number of carbonyl (C=O) groups is 2. The van der Waals surface area contributed by atoms with Crippen molar-refractivity contribution in [3.8, 4) is 0 Å². The number of amides is 2. The highest BCUT2D eigenvalue weighted by Gasteiger charge is 2.39. The molecule has 2 saturated heterocycles. The highest BCUT2D eigenvalue weighted by atomic mass is 16.5. The first-order chi connectivity index (χ1) is 14.6. The minimum absolute atomic E-state index is 0.00853. The van der Waals surface area contributed by atoms with Crippen LogP contribution in [-0.2, 0) is 20.7 Å². The molecule has 0 radical (unpaired) electrons. The lowest BCUT2D eigenvalue weighted by Gasteiger charge is -2.24. The number of rotatable bonds is 6. The van der Waals surface area contributed by atoms with Crippen molar-refractivity contribution < 1.29 is 14.3 Å². The fourth-order valence-corrected chi connectivity index (χ4v) is 4.29. The Morgan fingerprint density at radius 1 is 1.23 bits per heavy atom. The van der Waals surface area contributed by atoms with E-state index in [9.17, 15) is 9.59 Å². The van der Waals surface area contributed by atoms with Gasteiger partial charge in [-0.05, 0) is 38.2 Å². The van der Waals surface area contributed by atoms with Crippen molar-refractivity contribution in [2.45, 2.75) is 51.1 Å². The van der Waals surface area contributed by atoms with Gasteiger partial charge in [-0.1, -0.05) is 30.3 Å². The number of aryl methyl sites for hydroxylation is 2. The van der Waals surface area contributed by atoms with Crippen LogP contribution in [0.3, 0.4) is 0 Å². The Morgan fingerprint density at radius 3 is 2.70 bits per heavy atom. The van der Waals surface area contributed by atoms with Gasteiger partial charge in [0.1, 0.15) is 5.82 Å². The number of nitrogens with zero attached hydrogens (tertiary/aromatic N) is 3. The molecular formula is C22H29N5O3. The zero-order valence-corrected chi connectivity index (χ0v) is 17.3. The van der Waals surface area contributed by atoms with Crippen LogP contribution in [0.5, 0.6) is 0 Å². The van der Waals surface area contributed by atoms with Crippen LogP contribution in [0.15, 0.2) is 30.3 Å². The molecule has 0 saturated carbocycles. The Hall–Kier alpha value is -2.74. The zero-order valence-electron chi connectivity index (χ0n) is 17.3. The first-order valence-electron chi connectivity index (χ1n) is 10.7. The topological polar surface area (TPSA) is 100 Å². The summed E-state index contributed by atoms with van der Waals surface area (Å²) < 4.78 is 5.36. The van der Waals surface area contributed by atoms with E-state index in [2.05, 4.69) is 20.5 Å². The van der Waals surface area contributed by atoms with Crippen molar-refractivity contribution in [1.29, 1.82) is 0 Å². The first kappa shape index (κ1) is 20.5. The van der Waals surface area contributed by atoms with E-state index in [1.54, 1.807) is 0 Å². The quantitative estimate of drug-likeness (QED) is 0.757. The second-order valence-electron chi connectivity index (χ2n) is 8.15. The Bertz CT molecular complexity index is 863. The van der Waals surface area contributed by atoms with Crippen LogP contribution in [-0.4, -0.2) is 57.7 Å². The largest absolute Gasteiger partial charge is 0.381 e. The van der Waals surface area contributed by atoms with Gasteiger partial charge in [-0.3, -0.25) is 14.7 Å². The van der Waals surface area contributed by atoms with Gasteiger partial charge in [0, 0.05) is 38.1 Å². The number of benzene rings is 1. The molecule has 0 unspecified atom stereocenters. The monoisotopic (exact) mass is 411 g/mol. The molecule has 2 aliphatic rings. The Balaban J connectivity index is 1.42. The van der Waals surface area contributed by atoms with Crippen molar-refractivity contribution in [1.82, 2.24) is 25.4 Å². The van der Waals surface area contributed by atoms with Gasteiger partial charge in [0.05, 0.1) is 6.04 Å². The number of carbonyl (C=O) groups excluding carboxylic acids is 2. The van der Waals surface area contributed by atoms with Crippen molar-refractivity contribution in [3.05, 3.63) is 47.5 Å². The number of nitrogens with one attached hydrogen (secondary N) is 2. The summed E-state index contributed by atoms with van der Waals surface area (Å²) in [5.74, 6) is 1.45. The van der Waals surface area contributed by atoms with Crippen molar-refractivity contribution >= 4 is 11.8 Å². The van der Waals surface area contributed by atoms with Crippen LogP contribution in [0.25, 0.3) is 0 Å². The number of aromatic amines is 1. The highest BCUT2D eigenvalue weighted by molar-refractivity contribution is 5.80. The second kappa shape index (κ2) is 9.38. The van der Waals surface area contributed by atoms with E-state index < -0.39 is 0 Å². The smallest absolute Gasteiger partial charge is 0.223 e. The molecule has 2 N–H and O–H groups in total. The molecule has 8 nitrogen and oxygen atoms in total. The lowest BCUT2D eigenvalue weighted by Crippen LogP contribution is -2.42. The van der Waals surface area contributed by atoms with E-state index in [1.165, 1.54) is 0 Å². The Labute approximate surface area is 176 Å². The molecular weight excluding hydrogens is 382 g/mol. The zero-order chi connectivity index (χ0) is 20.9. The predicted molar refractivity (Wildman–Crippen MR) is 110 cm³/mol. The summed E-state index contributed by atoms with van der Waals surface area (Å²) in [6, 6.07) is 9.68. The number of aromatic nitrogens is 3. The molecule has 2 amide bonds. The SMILES string of the molecule is Cc1nc([C@@H]2C[C@H](NC(=O)C3CCOCC3)CN2C(=O)CCc2ccccc2)n[nH]1. The van der Waals surface area contributed by atoms with Gasteiger partial charge in [0.15, 0.2) is 5.82 Å². The molecule has 8 heteroatoms. The number of hydrogen-bond donors (Lipinski definition) is 2. The molecule has 0 spiro atoms. The summed E-state index contributed by atoms with van der Waals surface area (Å²) in [7, 11) is 0. The number of ether oxygens (including phenoxy) is 1. The molecule has 0 bridgehead atoms. The molecule has 4 rings (SSSR count). The Kier molecular flexibility index (Phi) is 6.42. The third-order valence-corrected chi connectivity index (χ3v) is 5.94. The second-order valence-corrected chi connectivity index (χ2v) is 8.15. The molecule has 3 heterocycles. The molecule has 1 aromatic carbocycles. The third kappa shape index (κ3) is 4.87. The maximum absolute atomic E-state index is 13.1. The van der Waals surface area contributed by atoms with Crippen LogP contribution in [0, 0.1) is 12.8 Å². The van der Waals surface area contributed by atoms with Crippen LogP contribution in [0.1, 0.15) is 48.9 Å². The van der Waals surface area contributed by atoms with Crippen molar-refractivity contribution in [3.63, 3.8) is 0 Å². The van der Waals surface area contributed by atoms with E-state index in [0.717, 1.165) is 24.2 Å². The molecule has 30 heavy (non-hydrogen) atoms. The average molecular weight is 412 g/mol. The summed E-state index contributed by atoms with van der Waals surface area (Å²) >= 11 is 0. The van der Waals surface area contributed by atoms with E-state index >= 15 is 0 Å². The molecule has 2 atom stereocenters. The highest BCUT2D eigenvalue weighted by Crippen LogP contribution is 2.31. The number of hydrogen-bond acceptors (Lipinski definition) is 5. The van der Waals surface area contributed by atoms with E-state index in [0.29, 0.717) is 44.8 Å². The van der Waals surface area contributed by atoms with Gasteiger partial charge in [-0.2, -0.15) is 5.10 Å². The number of likely N-dealkylation sites (tertiary alicyclic amines) is 1. The van der Waals surface area contributed by atoms with Gasteiger partial charge in [0.2, 0.25) is 11.8 Å². The molecule has 1 aromatic heterocycles. The summed E-state index contributed by atoms with van der Waals surface area (Å²) in [6.45, 7) is 3.59. The summed E-state index contributed by atoms with van der Waals surface area (Å²) in [5, 5.41) is 10.3. The molecule has 2 aromatic rings. The van der Waals surface area contributed by atoms with Crippen LogP contribution < -0.4 is 5.32 Å². The van der Waals surface area contributed by atoms with E-state index in [4.69, 9.17) is 4.74 Å². The standard InChI is InChI=1S/C22H29N5O3/c1-15-23-21(26-25-15)19-13-18(24-22(29)17-9-11-30-12-10-17)14-27(19)20(28)8-7-16-5-3-2-4-6-16/h2-6,17-19H,7-14H2,1H3,(H,24,29)(H,23,25,26)/t18-,19-/m0/s1. The van der Waals surface area contributed by atoms with Crippen LogP contribution in [0.4, 0.5) is 0 Å². The summed E-state index contributed by atoms with van der Waals surface area (Å²) in [4.78, 5) is 32.0. The van der Waals surface area contributed by atoms with Gasteiger partial charge < -0.3 is 15.0 Å². The molecule has 0 aliphatic carbocycles. The normalized spacial score (nSPS) is 22.2. The maximum Gasteiger partial charge on any atom is 0.223 e. The third-order valence-electron chi connectivity index (χ3n) is 5.94. The van der Waals surface area contributed by atoms with Crippen LogP contribution in [0.2, 0.25) is 0 Å². The summed E-state index contributed by atoms with van der Waals surface area (Å²) in [5.41, 5.74) is 1.14. The fourth-order valence-electron chi connectivity index (χ4n) is 4.29. The molecule has 2 aliphatic heterocycles. The average Bonchev–Trinajstić information content (AvgIpc) is 3.39. The lowest BCUT2D eigenvalue weighted by molar-refractivity contribution is -0.133. The van der Waals surface area contributed by atoms with Gasteiger partial charge in [-0.15, -0.1) is 0 Å². The van der Waals surface area contributed by atoms with Gasteiger partial charge in [0.25, 0.3) is 0 Å². The van der Waals surface area contributed by atoms with Crippen molar-refractivity contribution in [2.75, 3.05) is 19.8 Å². The molecule has 2 fully saturated rings. The fraction of sp³-hybridized carbons (Fsp3) is 0.545. The minimum atomic E-state index is -0.224. The summed E-state index contributed by atoms with van der Waals surface area (Å²) in [6.07, 6.45) is 3.24. The number of H-pyrrole nitrogens is 1. The lowest BCUT2D eigenvalue weighted by atomic mass is 9.99.